The number of para-hydroxylation sites is 1. The van der Waals surface area contributed by atoms with E-state index in [1.807, 2.05) is 24.7 Å². The summed E-state index contributed by atoms with van der Waals surface area (Å²) in [7, 11) is 0. The predicted octanol–water partition coefficient (Wildman–Crippen LogP) is 5.29. The van der Waals surface area contributed by atoms with Crippen molar-refractivity contribution < 1.29 is 13.9 Å². The summed E-state index contributed by atoms with van der Waals surface area (Å²) in [5.74, 6) is 0.428. The van der Waals surface area contributed by atoms with Crippen LogP contribution in [0.1, 0.15) is 49.4 Å². The summed E-state index contributed by atoms with van der Waals surface area (Å²) in [6, 6.07) is 10.4. The third-order valence-electron chi connectivity index (χ3n) is 7.06. The molecule has 1 saturated heterocycles. The summed E-state index contributed by atoms with van der Waals surface area (Å²) in [5, 5.41) is 11.9. The van der Waals surface area contributed by atoms with Crippen molar-refractivity contribution in [2.24, 2.45) is 0 Å². The van der Waals surface area contributed by atoms with Gasteiger partial charge in [-0.1, -0.05) is 23.7 Å². The van der Waals surface area contributed by atoms with Crippen molar-refractivity contribution in [3.63, 3.8) is 0 Å². The van der Waals surface area contributed by atoms with Crippen molar-refractivity contribution in [2.45, 2.75) is 51.5 Å². The summed E-state index contributed by atoms with van der Waals surface area (Å²) < 4.78 is 29.2. The molecule has 190 valence electrons. The zero-order valence-corrected chi connectivity index (χ0v) is 21.3. The molecule has 3 heterocycles. The van der Waals surface area contributed by atoms with Crippen molar-refractivity contribution in [1.29, 1.82) is 5.41 Å². The Morgan fingerprint density at radius 1 is 1.25 bits per heavy atom. The number of hydrogen-bond acceptors (Lipinski definition) is 5. The fourth-order valence-corrected chi connectivity index (χ4v) is 5.25. The third kappa shape index (κ3) is 4.92. The summed E-state index contributed by atoms with van der Waals surface area (Å²) >= 11 is 5.94. The zero-order valence-electron chi connectivity index (χ0n) is 20.6. The van der Waals surface area contributed by atoms with Gasteiger partial charge in [0.1, 0.15) is 11.7 Å². The number of hydrogen-bond donors (Lipinski definition) is 2. The molecule has 5 rings (SSSR count). The quantitative estimate of drug-likeness (QED) is 0.333. The Bertz CT molecular complexity index is 1260. The van der Waals surface area contributed by atoms with Crippen LogP contribution in [0.25, 0.3) is 0 Å². The number of amidine groups is 1. The standard InChI is InChI=1S/C27H31ClFN5O2/c1-3-34-17-31-14-20(34)15-32-25(30)16-33-11-9-18(10-12-33)21-5-4-6-24-26(21)36-27(2,35-24)22-8-7-19(28)13-23(22)29/h4-8,13-14,17-18H,3,9-12,15-16H2,1-2H3,(H2,30,32). The molecular formula is C27H31ClFN5O2. The smallest absolute Gasteiger partial charge is 0.278 e. The molecule has 1 unspecified atom stereocenters. The summed E-state index contributed by atoms with van der Waals surface area (Å²) in [6.07, 6.45) is 5.55. The number of rotatable bonds is 7. The molecule has 2 N–H and O–H groups in total. The van der Waals surface area contributed by atoms with Crippen molar-refractivity contribution in [2.75, 3.05) is 19.6 Å². The van der Waals surface area contributed by atoms with Gasteiger partial charge in [0.15, 0.2) is 11.5 Å². The molecule has 7 nitrogen and oxygen atoms in total. The molecule has 0 saturated carbocycles. The number of benzene rings is 2. The van der Waals surface area contributed by atoms with Gasteiger partial charge in [-0.2, -0.15) is 0 Å². The van der Waals surface area contributed by atoms with Gasteiger partial charge in [0.2, 0.25) is 0 Å². The molecular weight excluding hydrogens is 481 g/mol. The van der Waals surface area contributed by atoms with Crippen molar-refractivity contribution in [1.82, 2.24) is 19.8 Å². The average molecular weight is 512 g/mol. The van der Waals surface area contributed by atoms with Gasteiger partial charge in [0, 0.05) is 30.3 Å². The minimum absolute atomic E-state index is 0.304. The lowest BCUT2D eigenvalue weighted by Crippen LogP contribution is -2.40. The van der Waals surface area contributed by atoms with Crippen LogP contribution in [0.4, 0.5) is 4.39 Å². The van der Waals surface area contributed by atoms with E-state index in [9.17, 15) is 4.39 Å². The van der Waals surface area contributed by atoms with Crippen LogP contribution >= 0.6 is 11.6 Å². The molecule has 2 aliphatic heterocycles. The number of aromatic nitrogens is 2. The molecule has 0 bridgehead atoms. The first-order chi connectivity index (χ1) is 17.4. The van der Waals surface area contributed by atoms with Crippen LogP contribution in [-0.4, -0.2) is 39.9 Å². The fraction of sp³-hybridized carbons (Fsp3) is 0.407. The maximum Gasteiger partial charge on any atom is 0.278 e. The van der Waals surface area contributed by atoms with Gasteiger partial charge in [-0.15, -0.1) is 0 Å². The van der Waals surface area contributed by atoms with E-state index in [4.69, 9.17) is 26.5 Å². The molecule has 0 radical (unpaired) electrons. The Morgan fingerprint density at radius 2 is 2.06 bits per heavy atom. The molecule has 0 aliphatic carbocycles. The number of nitrogens with one attached hydrogen (secondary N) is 2. The fourth-order valence-electron chi connectivity index (χ4n) is 5.10. The van der Waals surface area contributed by atoms with Crippen molar-refractivity contribution in [3.05, 3.63) is 76.6 Å². The Balaban J connectivity index is 1.19. The normalized spacial score (nSPS) is 20.0. The van der Waals surface area contributed by atoms with E-state index in [0.29, 0.717) is 46.9 Å². The van der Waals surface area contributed by atoms with E-state index in [1.165, 1.54) is 6.07 Å². The first-order valence-corrected chi connectivity index (χ1v) is 12.7. The number of likely N-dealkylation sites (tertiary alicyclic amines) is 1. The van der Waals surface area contributed by atoms with Crippen molar-refractivity contribution in [3.8, 4) is 11.5 Å². The van der Waals surface area contributed by atoms with Gasteiger partial charge < -0.3 is 19.4 Å². The van der Waals surface area contributed by atoms with Gasteiger partial charge in [-0.3, -0.25) is 10.3 Å². The maximum absolute atomic E-state index is 14.7. The highest BCUT2D eigenvalue weighted by molar-refractivity contribution is 6.30. The molecule has 1 fully saturated rings. The van der Waals surface area contributed by atoms with Crippen LogP contribution in [0, 0.1) is 11.2 Å². The first kappa shape index (κ1) is 24.6. The van der Waals surface area contributed by atoms with Gasteiger partial charge in [0.25, 0.3) is 5.79 Å². The van der Waals surface area contributed by atoms with Crippen LogP contribution in [0.2, 0.25) is 5.02 Å². The second kappa shape index (κ2) is 10.1. The minimum Gasteiger partial charge on any atom is -0.444 e. The van der Waals surface area contributed by atoms with E-state index in [0.717, 1.165) is 43.7 Å². The Labute approximate surface area is 215 Å². The second-order valence-corrected chi connectivity index (χ2v) is 9.94. The zero-order chi connectivity index (χ0) is 25.3. The number of imidazole rings is 1. The van der Waals surface area contributed by atoms with Crippen LogP contribution in [0.3, 0.4) is 0 Å². The number of ether oxygens (including phenoxy) is 2. The molecule has 1 aromatic heterocycles. The van der Waals surface area contributed by atoms with Crippen molar-refractivity contribution >= 4 is 17.4 Å². The lowest BCUT2D eigenvalue weighted by atomic mass is 9.88. The Kier molecular flexibility index (Phi) is 6.90. The lowest BCUT2D eigenvalue weighted by Gasteiger charge is -2.32. The number of fused-ring (bicyclic) bond motifs is 1. The molecule has 3 aromatic rings. The van der Waals surface area contributed by atoms with E-state index in [2.05, 4.69) is 32.8 Å². The molecule has 0 amide bonds. The lowest BCUT2D eigenvalue weighted by molar-refractivity contribution is -0.0711. The predicted molar refractivity (Wildman–Crippen MR) is 137 cm³/mol. The van der Waals surface area contributed by atoms with Crippen LogP contribution in [0.5, 0.6) is 11.5 Å². The summed E-state index contributed by atoms with van der Waals surface area (Å²) in [6.45, 7) is 7.64. The Morgan fingerprint density at radius 3 is 2.81 bits per heavy atom. The molecule has 36 heavy (non-hydrogen) atoms. The van der Waals surface area contributed by atoms with Crippen LogP contribution < -0.4 is 14.8 Å². The highest BCUT2D eigenvalue weighted by atomic mass is 35.5. The van der Waals surface area contributed by atoms with E-state index in [-0.39, 0.29) is 0 Å². The van der Waals surface area contributed by atoms with Crippen LogP contribution in [0.15, 0.2) is 48.9 Å². The molecule has 2 aliphatic rings. The third-order valence-corrected chi connectivity index (χ3v) is 7.30. The second-order valence-electron chi connectivity index (χ2n) is 9.50. The Hall–Kier alpha value is -3.10. The number of piperidine rings is 1. The topological polar surface area (TPSA) is 75.4 Å². The number of halogens is 2. The van der Waals surface area contributed by atoms with E-state index >= 15 is 0 Å². The van der Waals surface area contributed by atoms with E-state index in [1.54, 1.807) is 19.1 Å². The number of aryl methyl sites for hydroxylation is 1. The van der Waals surface area contributed by atoms with Gasteiger partial charge >= 0.3 is 0 Å². The molecule has 1 atom stereocenters. The van der Waals surface area contributed by atoms with Crippen LogP contribution in [-0.2, 0) is 18.9 Å². The van der Waals surface area contributed by atoms with Gasteiger partial charge in [-0.25, -0.2) is 9.37 Å². The molecule has 9 heteroatoms. The average Bonchev–Trinajstić information content (AvgIpc) is 3.46. The van der Waals surface area contributed by atoms with Gasteiger partial charge in [-0.05, 0) is 63.0 Å². The molecule has 2 aromatic carbocycles. The summed E-state index contributed by atoms with van der Waals surface area (Å²) in [4.78, 5) is 6.48. The highest BCUT2D eigenvalue weighted by Crippen LogP contribution is 2.49. The minimum atomic E-state index is -1.25. The SMILES string of the molecule is CCn1cncc1CNC(=N)CN1CCC(c2cccc3c2OC(C)(c2ccc(Cl)cc2F)O3)CC1. The van der Waals surface area contributed by atoms with Gasteiger partial charge in [0.05, 0.1) is 30.7 Å². The first-order valence-electron chi connectivity index (χ1n) is 12.4. The van der Waals surface area contributed by atoms with E-state index < -0.39 is 11.6 Å². The largest absolute Gasteiger partial charge is 0.444 e. The maximum atomic E-state index is 14.7. The number of nitrogens with zero attached hydrogens (tertiary/aromatic N) is 3. The monoisotopic (exact) mass is 511 g/mol. The molecule has 0 spiro atoms. The highest BCUT2D eigenvalue weighted by Gasteiger charge is 2.42. The summed E-state index contributed by atoms with van der Waals surface area (Å²) in [5.41, 5.74) is 2.48.